The van der Waals surface area contributed by atoms with Crippen LogP contribution in [0.1, 0.15) is 194 Å². The van der Waals surface area contributed by atoms with Crippen molar-refractivity contribution in [3.63, 3.8) is 0 Å². The zero-order chi connectivity index (χ0) is 35.2. The van der Waals surface area contributed by atoms with Crippen LogP contribution in [0.5, 0.6) is 0 Å². The summed E-state index contributed by atoms with van der Waals surface area (Å²) in [6, 6.07) is 0. The van der Waals surface area contributed by atoms with Gasteiger partial charge in [-0.1, -0.05) is 128 Å². The normalized spacial score (nSPS) is 12.3. The molecule has 0 bridgehead atoms. The Kier molecular flexibility index (Phi) is 35.6. The van der Waals surface area contributed by atoms with Crippen molar-refractivity contribution < 1.29 is 28.6 Å². The lowest BCUT2D eigenvalue weighted by molar-refractivity contribution is -0.167. The molecule has 1 atom stereocenters. The highest BCUT2D eigenvalue weighted by Gasteiger charge is 2.19. The molecule has 0 rings (SSSR count). The Labute approximate surface area is 295 Å². The van der Waals surface area contributed by atoms with Gasteiger partial charge in [-0.2, -0.15) is 0 Å². The summed E-state index contributed by atoms with van der Waals surface area (Å²) >= 11 is 0. The molecule has 0 aromatic heterocycles. The molecule has 0 heterocycles. The van der Waals surface area contributed by atoms with Crippen molar-refractivity contribution >= 4 is 17.9 Å². The summed E-state index contributed by atoms with van der Waals surface area (Å²) in [5, 5.41) is 0. The van der Waals surface area contributed by atoms with E-state index < -0.39 is 6.10 Å². The first kappa shape index (κ1) is 45.6. The maximum atomic E-state index is 12.6. The maximum Gasteiger partial charge on any atom is 0.306 e. The predicted molar refractivity (Wildman–Crippen MR) is 201 cm³/mol. The van der Waals surface area contributed by atoms with Crippen LogP contribution in [0, 0.1) is 0 Å². The van der Waals surface area contributed by atoms with Crippen molar-refractivity contribution in [3.05, 3.63) is 36.5 Å². The van der Waals surface area contributed by atoms with Crippen LogP contribution in [-0.4, -0.2) is 37.2 Å². The summed E-state index contributed by atoms with van der Waals surface area (Å²) in [4.78, 5) is 37.4. The first-order chi connectivity index (χ1) is 23.5. The van der Waals surface area contributed by atoms with E-state index in [2.05, 4.69) is 57.2 Å². The minimum Gasteiger partial charge on any atom is -0.462 e. The monoisotopic (exact) mass is 675 g/mol. The highest BCUT2D eigenvalue weighted by Crippen LogP contribution is 2.13. The number of carbonyl (C=O) groups is 3. The molecule has 0 amide bonds. The summed E-state index contributed by atoms with van der Waals surface area (Å²) in [7, 11) is 0. The van der Waals surface area contributed by atoms with Gasteiger partial charge in [0.25, 0.3) is 0 Å². The van der Waals surface area contributed by atoms with Crippen molar-refractivity contribution in [2.24, 2.45) is 0 Å². The minimum absolute atomic E-state index is 0.0831. The fourth-order valence-corrected chi connectivity index (χ4v) is 5.38. The van der Waals surface area contributed by atoms with E-state index >= 15 is 0 Å². The number of hydrogen-bond donors (Lipinski definition) is 0. The highest BCUT2D eigenvalue weighted by atomic mass is 16.6. The summed E-state index contributed by atoms with van der Waals surface area (Å²) in [6.45, 7) is 6.35. The first-order valence-corrected chi connectivity index (χ1v) is 20.0. The molecule has 0 saturated carbocycles. The van der Waals surface area contributed by atoms with Crippen molar-refractivity contribution in [2.45, 2.75) is 200 Å². The van der Waals surface area contributed by atoms with E-state index in [1.54, 1.807) is 0 Å². The van der Waals surface area contributed by atoms with E-state index in [4.69, 9.17) is 14.2 Å². The van der Waals surface area contributed by atoms with Gasteiger partial charge in [0.2, 0.25) is 0 Å². The Morgan fingerprint density at radius 2 is 0.750 bits per heavy atom. The Balaban J connectivity index is 4.38. The van der Waals surface area contributed by atoms with E-state index in [0.717, 1.165) is 96.3 Å². The number of esters is 3. The fraction of sp³-hybridized carbons (Fsp3) is 0.786. The van der Waals surface area contributed by atoms with Crippen LogP contribution in [-0.2, 0) is 28.6 Å². The molecule has 1 unspecified atom stereocenters. The third kappa shape index (κ3) is 35.0. The third-order valence-electron chi connectivity index (χ3n) is 8.36. The zero-order valence-electron chi connectivity index (χ0n) is 31.5. The summed E-state index contributed by atoms with van der Waals surface area (Å²) in [6.07, 6.45) is 40.0. The van der Waals surface area contributed by atoms with Crippen molar-refractivity contribution in [1.82, 2.24) is 0 Å². The molecule has 0 saturated heterocycles. The van der Waals surface area contributed by atoms with E-state index in [9.17, 15) is 14.4 Å². The van der Waals surface area contributed by atoms with Crippen LogP contribution in [0.3, 0.4) is 0 Å². The van der Waals surface area contributed by atoms with Gasteiger partial charge in [0, 0.05) is 19.3 Å². The third-order valence-corrected chi connectivity index (χ3v) is 8.36. The molecule has 0 aliphatic carbocycles. The van der Waals surface area contributed by atoms with Crippen LogP contribution in [0.2, 0.25) is 0 Å². The first-order valence-electron chi connectivity index (χ1n) is 20.0. The molecule has 0 fully saturated rings. The quantitative estimate of drug-likeness (QED) is 0.0288. The number of unbranched alkanes of at least 4 members (excludes halogenated alkanes) is 18. The van der Waals surface area contributed by atoms with Gasteiger partial charge in [-0.25, -0.2) is 0 Å². The van der Waals surface area contributed by atoms with E-state index in [1.807, 2.05) is 0 Å². The van der Waals surface area contributed by atoms with Gasteiger partial charge in [-0.15, -0.1) is 0 Å². The maximum absolute atomic E-state index is 12.6. The average Bonchev–Trinajstić information content (AvgIpc) is 3.08. The zero-order valence-corrected chi connectivity index (χ0v) is 31.5. The van der Waals surface area contributed by atoms with Crippen LogP contribution >= 0.6 is 0 Å². The molecule has 0 aromatic rings. The summed E-state index contributed by atoms with van der Waals surface area (Å²) in [5.74, 6) is -0.923. The van der Waals surface area contributed by atoms with Gasteiger partial charge in [-0.05, 0) is 83.5 Å². The van der Waals surface area contributed by atoms with Crippen molar-refractivity contribution in [3.8, 4) is 0 Å². The lowest BCUT2D eigenvalue weighted by atomic mass is 10.1. The second-order valence-corrected chi connectivity index (χ2v) is 13.1. The molecular formula is C42H74O6. The number of rotatable bonds is 35. The van der Waals surface area contributed by atoms with Gasteiger partial charge >= 0.3 is 17.9 Å². The molecular weight excluding hydrogens is 600 g/mol. The largest absolute Gasteiger partial charge is 0.462 e. The van der Waals surface area contributed by atoms with E-state index in [1.165, 1.54) is 57.8 Å². The second-order valence-electron chi connectivity index (χ2n) is 13.1. The fourth-order valence-electron chi connectivity index (χ4n) is 5.38. The standard InChI is InChI=1S/C42H74O6/c1-4-7-10-13-16-19-20-21-24-26-29-32-35-41(44)47-38-39(48-42(45)36-33-30-27-23-18-15-12-9-6-3)37-46-40(43)34-31-28-25-22-17-14-11-8-5-2/h8-9,11-12,16,19,39H,4-7,10,13-15,17-18,20-38H2,1-3H3/b11-8-,12-9-,19-16-. The molecule has 0 aliphatic rings. The molecule has 0 N–H and O–H groups in total. The molecule has 278 valence electrons. The molecule has 6 nitrogen and oxygen atoms in total. The highest BCUT2D eigenvalue weighted by molar-refractivity contribution is 5.71. The smallest absolute Gasteiger partial charge is 0.306 e. The van der Waals surface area contributed by atoms with Gasteiger partial charge in [0.05, 0.1) is 0 Å². The predicted octanol–water partition coefficient (Wildman–Crippen LogP) is 12.2. The van der Waals surface area contributed by atoms with Crippen molar-refractivity contribution in [1.29, 1.82) is 0 Å². The van der Waals surface area contributed by atoms with Gasteiger partial charge in [0.1, 0.15) is 13.2 Å². The minimum atomic E-state index is -0.776. The van der Waals surface area contributed by atoms with Crippen LogP contribution in [0.25, 0.3) is 0 Å². The molecule has 0 aromatic carbocycles. The number of allylic oxidation sites excluding steroid dienone is 6. The average molecular weight is 675 g/mol. The molecule has 48 heavy (non-hydrogen) atoms. The topological polar surface area (TPSA) is 78.9 Å². The van der Waals surface area contributed by atoms with Crippen molar-refractivity contribution in [2.75, 3.05) is 13.2 Å². The van der Waals surface area contributed by atoms with E-state index in [-0.39, 0.29) is 31.1 Å². The molecule has 0 radical (unpaired) electrons. The SMILES string of the molecule is CC/C=C\CCCCCCCC(=O)OCC(COC(=O)CCCCCCC/C=C\CCCCC)OC(=O)CCCCCCC/C=C\CC. The number of carbonyl (C=O) groups excluding carboxylic acids is 3. The molecule has 6 heteroatoms. The van der Waals surface area contributed by atoms with Gasteiger partial charge in [0.15, 0.2) is 6.10 Å². The second kappa shape index (κ2) is 37.4. The summed E-state index contributed by atoms with van der Waals surface area (Å²) < 4.78 is 16.6. The van der Waals surface area contributed by atoms with Gasteiger partial charge < -0.3 is 14.2 Å². The number of hydrogen-bond acceptors (Lipinski definition) is 6. The van der Waals surface area contributed by atoms with Crippen LogP contribution in [0.4, 0.5) is 0 Å². The van der Waals surface area contributed by atoms with Crippen LogP contribution in [0.15, 0.2) is 36.5 Å². The molecule has 0 aliphatic heterocycles. The Morgan fingerprint density at radius 3 is 1.15 bits per heavy atom. The Bertz CT molecular complexity index is 830. The summed E-state index contributed by atoms with van der Waals surface area (Å²) in [5.41, 5.74) is 0. The lowest BCUT2D eigenvalue weighted by Gasteiger charge is -2.18. The molecule has 0 spiro atoms. The van der Waals surface area contributed by atoms with E-state index in [0.29, 0.717) is 19.3 Å². The Hall–Kier alpha value is -2.37. The lowest BCUT2D eigenvalue weighted by Crippen LogP contribution is -2.30. The number of ether oxygens (including phenoxy) is 3. The van der Waals surface area contributed by atoms with Gasteiger partial charge in [-0.3, -0.25) is 14.4 Å². The van der Waals surface area contributed by atoms with Crippen LogP contribution < -0.4 is 0 Å². The Morgan fingerprint density at radius 1 is 0.417 bits per heavy atom.